The third-order valence-corrected chi connectivity index (χ3v) is 5.41. The molecule has 0 spiro atoms. The summed E-state index contributed by atoms with van der Waals surface area (Å²) in [4.78, 5) is 12.5. The van der Waals surface area contributed by atoms with Crippen LogP contribution in [0, 0.1) is 5.92 Å². The third-order valence-electron chi connectivity index (χ3n) is 5.10. The summed E-state index contributed by atoms with van der Waals surface area (Å²) in [5.41, 5.74) is 1.42. The highest BCUT2D eigenvalue weighted by atomic mass is 35.5. The largest absolute Gasteiger partial charge is 0.394 e. The molecule has 136 valence electrons. The lowest BCUT2D eigenvalue weighted by Crippen LogP contribution is -2.18. The molecule has 0 aliphatic heterocycles. The third kappa shape index (κ3) is 4.00. The number of nitrogens with zero attached hydrogens (tertiary/aromatic N) is 1. The second-order valence-corrected chi connectivity index (χ2v) is 7.27. The lowest BCUT2D eigenvalue weighted by atomic mass is 9.87. The van der Waals surface area contributed by atoms with Gasteiger partial charge in [-0.3, -0.25) is 4.79 Å². The van der Waals surface area contributed by atoms with Crippen LogP contribution in [0.5, 0.6) is 0 Å². The van der Waals surface area contributed by atoms with E-state index < -0.39 is 6.04 Å². The summed E-state index contributed by atoms with van der Waals surface area (Å²) in [6.07, 6.45) is 8.20. The molecule has 2 aromatic rings. The van der Waals surface area contributed by atoms with Gasteiger partial charge in [-0.25, -0.2) is 0 Å². The van der Waals surface area contributed by atoms with Gasteiger partial charge in [0, 0.05) is 18.0 Å². The van der Waals surface area contributed by atoms with Gasteiger partial charge >= 0.3 is 0 Å². The van der Waals surface area contributed by atoms with E-state index >= 15 is 0 Å². The van der Waals surface area contributed by atoms with Gasteiger partial charge < -0.3 is 20.1 Å². The van der Waals surface area contributed by atoms with Gasteiger partial charge in [0.2, 0.25) is 5.91 Å². The van der Waals surface area contributed by atoms with E-state index in [0.717, 1.165) is 23.7 Å². The average Bonchev–Trinajstić information content (AvgIpc) is 2.96. The van der Waals surface area contributed by atoms with Gasteiger partial charge in [-0.05, 0) is 30.9 Å². The maximum Gasteiger partial charge on any atom is 0.224 e. The highest BCUT2D eigenvalue weighted by Gasteiger charge is 2.21. The first kappa shape index (κ1) is 18.2. The predicted octanol–water partition coefficient (Wildman–Crippen LogP) is 3.73. The number of carbonyl (C=O) groups is 1. The minimum absolute atomic E-state index is 0.00424. The monoisotopic (exact) mass is 364 g/mol. The van der Waals surface area contributed by atoms with Crippen molar-refractivity contribution in [1.82, 2.24) is 4.57 Å². The van der Waals surface area contributed by atoms with Gasteiger partial charge in [0.25, 0.3) is 0 Å². The van der Waals surface area contributed by atoms with Crippen LogP contribution in [-0.2, 0) is 4.79 Å². The van der Waals surface area contributed by atoms with Crippen molar-refractivity contribution in [2.75, 3.05) is 18.5 Å². The quantitative estimate of drug-likeness (QED) is 0.731. The molecule has 1 fully saturated rings. The Hall–Kier alpha value is -1.56. The Morgan fingerprint density at radius 3 is 2.64 bits per heavy atom. The van der Waals surface area contributed by atoms with E-state index in [9.17, 15) is 15.0 Å². The first-order chi connectivity index (χ1) is 12.1. The van der Waals surface area contributed by atoms with Gasteiger partial charge in [0.05, 0.1) is 35.5 Å². The second kappa shape index (κ2) is 8.21. The van der Waals surface area contributed by atoms with Crippen LogP contribution >= 0.6 is 11.6 Å². The van der Waals surface area contributed by atoms with Crippen LogP contribution in [0.15, 0.2) is 24.4 Å². The molecule has 1 aromatic carbocycles. The number of anilines is 1. The van der Waals surface area contributed by atoms with Crippen molar-refractivity contribution in [1.29, 1.82) is 0 Å². The molecule has 6 heteroatoms. The number of fused-ring (bicyclic) bond motifs is 1. The number of halogens is 1. The average molecular weight is 365 g/mol. The Balaban J connectivity index is 1.86. The molecule has 25 heavy (non-hydrogen) atoms. The maximum atomic E-state index is 12.5. The Labute approximate surface area is 152 Å². The first-order valence-electron chi connectivity index (χ1n) is 8.94. The van der Waals surface area contributed by atoms with Crippen LogP contribution in [0.25, 0.3) is 10.9 Å². The van der Waals surface area contributed by atoms with Crippen molar-refractivity contribution in [3.63, 3.8) is 0 Å². The van der Waals surface area contributed by atoms with Crippen molar-refractivity contribution in [3.8, 4) is 0 Å². The normalized spacial score (nSPS) is 15.8. The summed E-state index contributed by atoms with van der Waals surface area (Å²) < 4.78 is 1.78. The highest BCUT2D eigenvalue weighted by molar-refractivity contribution is 6.36. The van der Waals surface area contributed by atoms with E-state index in [1.54, 1.807) is 16.8 Å². The standard InChI is InChI=1S/C19H25ClN2O3/c20-15-7-4-8-17-19(15)16(10-22(17)14(11-23)12-24)21-18(25)9-13-5-2-1-3-6-13/h4,7-8,10,13-14,23-24H,1-3,5-6,9,11-12H2,(H,21,25). The number of benzene rings is 1. The van der Waals surface area contributed by atoms with Gasteiger partial charge in [-0.15, -0.1) is 0 Å². The molecule has 0 bridgehead atoms. The summed E-state index contributed by atoms with van der Waals surface area (Å²) in [5.74, 6) is 0.454. The summed E-state index contributed by atoms with van der Waals surface area (Å²) >= 11 is 6.35. The summed E-state index contributed by atoms with van der Waals surface area (Å²) in [7, 11) is 0. The molecule has 3 N–H and O–H groups in total. The zero-order valence-electron chi connectivity index (χ0n) is 14.2. The SMILES string of the molecule is O=C(CC1CCCCC1)Nc1cn(C(CO)CO)c2cccc(Cl)c12. The van der Waals surface area contributed by atoms with Gasteiger partial charge in [-0.1, -0.05) is 36.9 Å². The molecule has 0 unspecified atom stereocenters. The fourth-order valence-corrected chi connectivity index (χ4v) is 4.02. The van der Waals surface area contributed by atoms with E-state index in [4.69, 9.17) is 11.6 Å². The molecule has 0 radical (unpaired) electrons. The van der Waals surface area contributed by atoms with Gasteiger partial charge in [0.1, 0.15) is 0 Å². The molecule has 5 nitrogen and oxygen atoms in total. The number of aromatic nitrogens is 1. The molecule has 3 rings (SSSR count). The number of hydrogen-bond acceptors (Lipinski definition) is 3. The van der Waals surface area contributed by atoms with E-state index in [1.165, 1.54) is 19.3 Å². The summed E-state index contributed by atoms with van der Waals surface area (Å²) in [5, 5.41) is 23.3. The Bertz CT molecular complexity index is 734. The fourth-order valence-electron chi connectivity index (χ4n) is 3.75. The zero-order chi connectivity index (χ0) is 17.8. The van der Waals surface area contributed by atoms with E-state index in [-0.39, 0.29) is 19.1 Å². The Kier molecular flexibility index (Phi) is 5.99. The highest BCUT2D eigenvalue weighted by Crippen LogP contribution is 2.35. The van der Waals surface area contributed by atoms with E-state index in [0.29, 0.717) is 23.0 Å². The van der Waals surface area contributed by atoms with Crippen molar-refractivity contribution in [2.45, 2.75) is 44.6 Å². The summed E-state index contributed by atoms with van der Waals surface area (Å²) in [6, 6.07) is 5.00. The lowest BCUT2D eigenvalue weighted by molar-refractivity contribution is -0.117. The number of aliphatic hydroxyl groups excluding tert-OH is 2. The van der Waals surface area contributed by atoms with Crippen LogP contribution in [0.1, 0.15) is 44.6 Å². The van der Waals surface area contributed by atoms with Crippen molar-refractivity contribution in [2.24, 2.45) is 5.92 Å². The lowest BCUT2D eigenvalue weighted by Gasteiger charge is -2.20. The van der Waals surface area contributed by atoms with Crippen molar-refractivity contribution >= 4 is 34.1 Å². The molecule has 1 aliphatic rings. The van der Waals surface area contributed by atoms with Crippen LogP contribution < -0.4 is 5.32 Å². The van der Waals surface area contributed by atoms with Crippen LogP contribution in [0.4, 0.5) is 5.69 Å². The topological polar surface area (TPSA) is 74.5 Å². The molecular formula is C19H25ClN2O3. The number of amides is 1. The molecule has 1 aromatic heterocycles. The summed E-state index contributed by atoms with van der Waals surface area (Å²) in [6.45, 7) is -0.384. The first-order valence-corrected chi connectivity index (χ1v) is 9.32. The Morgan fingerprint density at radius 2 is 1.96 bits per heavy atom. The molecule has 0 atom stereocenters. The van der Waals surface area contributed by atoms with Crippen LogP contribution in [0.2, 0.25) is 5.02 Å². The van der Waals surface area contributed by atoms with Gasteiger partial charge in [0.15, 0.2) is 0 Å². The molecule has 1 heterocycles. The number of aliphatic hydroxyl groups is 2. The van der Waals surface area contributed by atoms with Gasteiger partial charge in [-0.2, -0.15) is 0 Å². The minimum Gasteiger partial charge on any atom is -0.394 e. The maximum absolute atomic E-state index is 12.5. The predicted molar refractivity (Wildman–Crippen MR) is 100.0 cm³/mol. The molecule has 1 saturated carbocycles. The number of carbonyl (C=O) groups excluding carboxylic acids is 1. The molecule has 1 aliphatic carbocycles. The smallest absolute Gasteiger partial charge is 0.224 e. The molecule has 0 saturated heterocycles. The van der Waals surface area contributed by atoms with E-state index in [2.05, 4.69) is 5.32 Å². The Morgan fingerprint density at radius 1 is 1.24 bits per heavy atom. The van der Waals surface area contributed by atoms with Crippen LogP contribution in [0.3, 0.4) is 0 Å². The van der Waals surface area contributed by atoms with Crippen molar-refractivity contribution < 1.29 is 15.0 Å². The molecule has 1 amide bonds. The number of rotatable bonds is 6. The van der Waals surface area contributed by atoms with Crippen molar-refractivity contribution in [3.05, 3.63) is 29.4 Å². The van der Waals surface area contributed by atoms with E-state index in [1.807, 2.05) is 12.1 Å². The zero-order valence-corrected chi connectivity index (χ0v) is 15.0. The number of hydrogen-bond donors (Lipinski definition) is 3. The number of nitrogens with one attached hydrogen (secondary N) is 1. The molecular weight excluding hydrogens is 340 g/mol. The second-order valence-electron chi connectivity index (χ2n) is 6.86. The minimum atomic E-state index is -0.468. The fraction of sp³-hybridized carbons (Fsp3) is 0.526. The van der Waals surface area contributed by atoms with Crippen LogP contribution in [-0.4, -0.2) is 33.9 Å².